The predicted octanol–water partition coefficient (Wildman–Crippen LogP) is 1.51. The lowest BCUT2D eigenvalue weighted by Crippen LogP contribution is -2.37. The summed E-state index contributed by atoms with van der Waals surface area (Å²) in [5.74, 6) is 1.03. The van der Waals surface area contributed by atoms with Crippen molar-refractivity contribution in [3.8, 4) is 0 Å². The highest BCUT2D eigenvalue weighted by Crippen LogP contribution is 2.22. The highest BCUT2D eigenvalue weighted by Gasteiger charge is 2.27. The molecule has 1 saturated heterocycles. The molecule has 2 aromatic rings. The lowest BCUT2D eigenvalue weighted by atomic mass is 9.97. The first-order valence-electron chi connectivity index (χ1n) is 10.2. The van der Waals surface area contributed by atoms with Crippen molar-refractivity contribution in [1.29, 1.82) is 0 Å². The Kier molecular flexibility index (Phi) is 4.57. The fraction of sp³-hybridized carbons (Fsp3) is 0.650. The molecule has 0 radical (unpaired) electrons. The number of ether oxygens (including phenoxy) is 1. The third-order valence-electron chi connectivity index (χ3n) is 6.14. The van der Waals surface area contributed by atoms with Crippen molar-refractivity contribution in [2.24, 2.45) is 0 Å². The Labute approximate surface area is 159 Å². The number of fused-ring (bicyclic) bond motifs is 2. The van der Waals surface area contributed by atoms with Crippen molar-refractivity contribution in [2.45, 2.75) is 70.8 Å². The number of imidazole rings is 1. The van der Waals surface area contributed by atoms with Gasteiger partial charge in [0.25, 0.3) is 5.56 Å². The zero-order valence-corrected chi connectivity index (χ0v) is 15.8. The zero-order chi connectivity index (χ0) is 18.2. The van der Waals surface area contributed by atoms with Gasteiger partial charge in [0.1, 0.15) is 12.4 Å². The summed E-state index contributed by atoms with van der Waals surface area (Å²) in [6.45, 7) is 4.84. The van der Waals surface area contributed by atoms with Crippen molar-refractivity contribution in [1.82, 2.24) is 24.2 Å². The molecule has 1 fully saturated rings. The normalized spacial score (nSPS) is 22.6. The van der Waals surface area contributed by atoms with Crippen molar-refractivity contribution in [3.05, 3.63) is 45.4 Å². The number of rotatable bonds is 4. The molecule has 0 amide bonds. The maximum Gasteiger partial charge on any atom is 0.267 e. The van der Waals surface area contributed by atoms with Crippen LogP contribution >= 0.6 is 0 Å². The monoisotopic (exact) mass is 369 g/mol. The summed E-state index contributed by atoms with van der Waals surface area (Å²) in [4.78, 5) is 19.7. The Hall–Kier alpha value is -1.99. The van der Waals surface area contributed by atoms with Gasteiger partial charge in [-0.1, -0.05) is 0 Å². The Morgan fingerprint density at radius 3 is 3.04 bits per heavy atom. The Morgan fingerprint density at radius 1 is 1.19 bits per heavy atom. The molecular formula is C20H27N5O2. The van der Waals surface area contributed by atoms with Crippen LogP contribution in [-0.4, -0.2) is 43.4 Å². The smallest absolute Gasteiger partial charge is 0.267 e. The second-order valence-corrected chi connectivity index (χ2v) is 8.00. The maximum atomic E-state index is 12.5. The lowest BCUT2D eigenvalue weighted by Gasteiger charge is -2.24. The molecular weight excluding hydrogens is 342 g/mol. The standard InChI is InChI=1S/C20H27N5O2/c26-20-10-15-4-1-2-6-18(15)22-25(20)13-17-5-3-7-23(17)11-16-12-24-8-9-27-14-19(24)21-16/h10,12,17H,1-9,11,13-14H2. The minimum absolute atomic E-state index is 0.0529. The fourth-order valence-corrected chi connectivity index (χ4v) is 4.67. The van der Waals surface area contributed by atoms with E-state index in [4.69, 9.17) is 14.8 Å². The molecule has 7 heteroatoms. The van der Waals surface area contributed by atoms with E-state index in [2.05, 4.69) is 15.7 Å². The van der Waals surface area contributed by atoms with Crippen LogP contribution in [0.25, 0.3) is 0 Å². The van der Waals surface area contributed by atoms with E-state index >= 15 is 0 Å². The molecule has 0 spiro atoms. The first kappa shape index (κ1) is 17.1. The second-order valence-electron chi connectivity index (χ2n) is 8.00. The summed E-state index contributed by atoms with van der Waals surface area (Å²) in [6, 6.07) is 2.18. The summed E-state index contributed by atoms with van der Waals surface area (Å²) in [5, 5.41) is 4.71. The molecule has 0 aromatic carbocycles. The summed E-state index contributed by atoms with van der Waals surface area (Å²) in [6.07, 6.45) is 8.81. The van der Waals surface area contributed by atoms with Crippen molar-refractivity contribution >= 4 is 0 Å². The molecule has 144 valence electrons. The zero-order valence-electron chi connectivity index (χ0n) is 15.8. The third-order valence-corrected chi connectivity index (χ3v) is 6.14. The van der Waals surface area contributed by atoms with E-state index < -0.39 is 0 Å². The number of hydrogen-bond donors (Lipinski definition) is 0. The van der Waals surface area contributed by atoms with Crippen molar-refractivity contribution < 1.29 is 4.74 Å². The molecule has 27 heavy (non-hydrogen) atoms. The SMILES string of the molecule is O=c1cc2c(nn1CC1CCCN1Cc1cn3c(n1)COCC3)CCCC2. The van der Waals surface area contributed by atoms with E-state index in [-0.39, 0.29) is 5.56 Å². The topological polar surface area (TPSA) is 65.2 Å². The molecule has 1 atom stereocenters. The van der Waals surface area contributed by atoms with Gasteiger partial charge in [-0.25, -0.2) is 9.67 Å². The molecule has 2 aliphatic heterocycles. The Balaban J connectivity index is 1.31. The average Bonchev–Trinajstić information content (AvgIpc) is 3.29. The van der Waals surface area contributed by atoms with Crippen LogP contribution in [0.2, 0.25) is 0 Å². The van der Waals surface area contributed by atoms with Crippen LogP contribution in [0.4, 0.5) is 0 Å². The van der Waals surface area contributed by atoms with E-state index in [9.17, 15) is 4.79 Å². The van der Waals surface area contributed by atoms with Crippen LogP contribution in [0, 0.1) is 0 Å². The highest BCUT2D eigenvalue weighted by atomic mass is 16.5. The van der Waals surface area contributed by atoms with Crippen molar-refractivity contribution in [2.75, 3.05) is 13.2 Å². The second kappa shape index (κ2) is 7.20. The van der Waals surface area contributed by atoms with Gasteiger partial charge in [-0.3, -0.25) is 9.69 Å². The van der Waals surface area contributed by atoms with Crippen LogP contribution < -0.4 is 5.56 Å². The van der Waals surface area contributed by atoms with Gasteiger partial charge in [-0.05, 0) is 50.6 Å². The van der Waals surface area contributed by atoms with Gasteiger partial charge in [-0.2, -0.15) is 5.10 Å². The Morgan fingerprint density at radius 2 is 2.11 bits per heavy atom. The molecule has 0 saturated carbocycles. The van der Waals surface area contributed by atoms with Crippen molar-refractivity contribution in [3.63, 3.8) is 0 Å². The third kappa shape index (κ3) is 3.46. The Bertz CT molecular complexity index is 863. The number of nitrogens with zero attached hydrogens (tertiary/aromatic N) is 5. The molecule has 0 N–H and O–H groups in total. The first-order valence-corrected chi connectivity index (χ1v) is 10.2. The van der Waals surface area contributed by atoms with Gasteiger partial charge < -0.3 is 9.30 Å². The van der Waals surface area contributed by atoms with Gasteiger partial charge in [0.15, 0.2) is 0 Å². The summed E-state index contributed by atoms with van der Waals surface area (Å²) in [7, 11) is 0. The van der Waals surface area contributed by atoms with E-state index in [1.807, 2.05) is 6.07 Å². The number of aromatic nitrogens is 4. The minimum atomic E-state index is 0.0529. The summed E-state index contributed by atoms with van der Waals surface area (Å²) >= 11 is 0. The molecule has 7 nitrogen and oxygen atoms in total. The lowest BCUT2D eigenvalue weighted by molar-refractivity contribution is 0.0816. The largest absolute Gasteiger partial charge is 0.372 e. The molecule has 1 unspecified atom stereocenters. The quantitative estimate of drug-likeness (QED) is 0.817. The molecule has 1 aliphatic carbocycles. The van der Waals surface area contributed by atoms with Crippen LogP contribution in [0.1, 0.15) is 48.5 Å². The molecule has 5 rings (SSSR count). The number of aryl methyl sites for hydroxylation is 2. The molecule has 3 aliphatic rings. The number of hydrogen-bond acceptors (Lipinski definition) is 5. The van der Waals surface area contributed by atoms with Crippen LogP contribution in [-0.2, 0) is 43.8 Å². The van der Waals surface area contributed by atoms with Gasteiger partial charge in [0.2, 0.25) is 0 Å². The number of likely N-dealkylation sites (tertiary alicyclic amines) is 1. The fourth-order valence-electron chi connectivity index (χ4n) is 4.67. The van der Waals surface area contributed by atoms with Crippen LogP contribution in [0.5, 0.6) is 0 Å². The summed E-state index contributed by atoms with van der Waals surface area (Å²) < 4.78 is 9.41. The van der Waals surface area contributed by atoms with Gasteiger partial charge in [-0.15, -0.1) is 0 Å². The van der Waals surface area contributed by atoms with Gasteiger partial charge in [0.05, 0.1) is 24.5 Å². The van der Waals surface area contributed by atoms with E-state index in [0.717, 1.165) is 68.3 Å². The highest BCUT2D eigenvalue weighted by molar-refractivity contribution is 5.20. The van der Waals surface area contributed by atoms with Gasteiger partial charge in [0, 0.05) is 31.4 Å². The van der Waals surface area contributed by atoms with Gasteiger partial charge >= 0.3 is 0 Å². The first-order chi connectivity index (χ1) is 13.3. The molecule has 2 aromatic heterocycles. The maximum absolute atomic E-state index is 12.5. The van der Waals surface area contributed by atoms with Crippen LogP contribution in [0.3, 0.4) is 0 Å². The van der Waals surface area contributed by atoms with E-state index in [0.29, 0.717) is 19.2 Å². The van der Waals surface area contributed by atoms with E-state index in [1.54, 1.807) is 4.68 Å². The summed E-state index contributed by atoms with van der Waals surface area (Å²) in [5.41, 5.74) is 3.45. The molecule has 0 bridgehead atoms. The minimum Gasteiger partial charge on any atom is -0.372 e. The van der Waals surface area contributed by atoms with Crippen LogP contribution in [0.15, 0.2) is 17.1 Å². The predicted molar refractivity (Wildman–Crippen MR) is 100 cm³/mol. The molecule has 4 heterocycles. The van der Waals surface area contributed by atoms with E-state index in [1.165, 1.54) is 19.3 Å². The average molecular weight is 369 g/mol.